The van der Waals surface area contributed by atoms with Gasteiger partial charge in [-0.3, -0.25) is 4.79 Å². The van der Waals surface area contributed by atoms with Gasteiger partial charge in [0.15, 0.2) is 0 Å². The number of allylic oxidation sites excluding steroid dienone is 2. The van der Waals surface area contributed by atoms with Gasteiger partial charge in [-0.15, -0.1) is 0 Å². The lowest BCUT2D eigenvalue weighted by molar-refractivity contribution is -0.124. The number of ether oxygens (including phenoxy) is 1. The molecule has 1 aliphatic heterocycles. The zero-order valence-electron chi connectivity index (χ0n) is 22.9. The summed E-state index contributed by atoms with van der Waals surface area (Å²) in [4.78, 5) is 26.5. The minimum absolute atomic E-state index is 0.132. The van der Waals surface area contributed by atoms with E-state index in [2.05, 4.69) is 60.7 Å². The van der Waals surface area contributed by atoms with Crippen LogP contribution in [0.25, 0.3) is 0 Å². The Labute approximate surface area is 213 Å². The van der Waals surface area contributed by atoms with E-state index in [1.54, 1.807) is 0 Å². The molecule has 5 nitrogen and oxygen atoms in total. The predicted molar refractivity (Wildman–Crippen MR) is 145 cm³/mol. The zero-order valence-corrected chi connectivity index (χ0v) is 23.9. The fraction of sp³-hybridized carbons (Fsp3) is 0.586. The number of nitrogens with zero attached hydrogens (tertiary/aromatic N) is 1. The van der Waals surface area contributed by atoms with Crippen molar-refractivity contribution in [3.63, 3.8) is 0 Å². The summed E-state index contributed by atoms with van der Waals surface area (Å²) < 4.78 is 11.6. The first-order valence-corrected chi connectivity index (χ1v) is 15.9. The van der Waals surface area contributed by atoms with Gasteiger partial charge >= 0.3 is 6.09 Å². The monoisotopic (exact) mass is 499 g/mol. The third kappa shape index (κ3) is 7.57. The van der Waals surface area contributed by atoms with Gasteiger partial charge in [0, 0.05) is 0 Å². The van der Waals surface area contributed by atoms with E-state index in [-0.39, 0.29) is 35.4 Å². The maximum atomic E-state index is 13.0. The van der Waals surface area contributed by atoms with Crippen LogP contribution in [0, 0.1) is 17.8 Å². The molecule has 0 saturated carbocycles. The van der Waals surface area contributed by atoms with Crippen LogP contribution >= 0.6 is 0 Å². The molecule has 6 heteroatoms. The van der Waals surface area contributed by atoms with Crippen LogP contribution in [0.2, 0.25) is 18.1 Å². The lowest BCUT2D eigenvalue weighted by Gasteiger charge is -2.41. The Kier molecular flexibility index (Phi) is 10.4. The minimum atomic E-state index is -1.94. The molecule has 194 valence electrons. The molecule has 1 aliphatic rings. The fourth-order valence-electron chi connectivity index (χ4n) is 4.25. The molecule has 0 unspecified atom stereocenters. The molecule has 0 N–H and O–H groups in total. The summed E-state index contributed by atoms with van der Waals surface area (Å²) in [6.45, 7) is 18.2. The molecule has 3 atom stereocenters. The lowest BCUT2D eigenvalue weighted by atomic mass is 9.89. The number of cyclic esters (lactones) is 1. The van der Waals surface area contributed by atoms with E-state index in [4.69, 9.17) is 9.16 Å². The van der Waals surface area contributed by atoms with Gasteiger partial charge in [-0.2, -0.15) is 0 Å². The van der Waals surface area contributed by atoms with E-state index in [1.165, 1.54) is 11.0 Å². The SMILES string of the molecule is CCC[C@H](/C=C\O[Si](C)(C)C(C)(C)C(C)C)[C@H](C)/C=C/C(=O)N1C(=O)OC[C@@H]1Cc1ccccc1. The van der Waals surface area contributed by atoms with Crippen LogP contribution < -0.4 is 0 Å². The van der Waals surface area contributed by atoms with Crippen molar-refractivity contribution in [2.45, 2.75) is 85.0 Å². The fourth-order valence-corrected chi connectivity index (χ4v) is 6.36. The predicted octanol–water partition coefficient (Wildman–Crippen LogP) is 7.36. The van der Waals surface area contributed by atoms with Crippen LogP contribution in [-0.2, 0) is 20.4 Å². The van der Waals surface area contributed by atoms with Crippen molar-refractivity contribution in [3.05, 3.63) is 60.4 Å². The molecular formula is C29H45NO4Si. The summed E-state index contributed by atoms with van der Waals surface area (Å²) in [5.41, 5.74) is 1.08. The number of amides is 2. The summed E-state index contributed by atoms with van der Waals surface area (Å²) >= 11 is 0. The number of carbonyl (C=O) groups excluding carboxylic acids is 2. The molecule has 0 bridgehead atoms. The highest BCUT2D eigenvalue weighted by Gasteiger charge is 2.44. The van der Waals surface area contributed by atoms with Crippen molar-refractivity contribution >= 4 is 20.3 Å². The van der Waals surface area contributed by atoms with Crippen molar-refractivity contribution in [1.29, 1.82) is 0 Å². The molecule has 2 rings (SSSR count). The Hall–Kier alpha value is -2.34. The van der Waals surface area contributed by atoms with Crippen molar-refractivity contribution in [3.8, 4) is 0 Å². The number of carbonyl (C=O) groups is 2. The maximum Gasteiger partial charge on any atom is 0.417 e. The van der Waals surface area contributed by atoms with Crippen molar-refractivity contribution < 1.29 is 18.8 Å². The van der Waals surface area contributed by atoms with Crippen LogP contribution in [0.5, 0.6) is 0 Å². The number of hydrogen-bond donors (Lipinski definition) is 0. The number of imide groups is 1. The van der Waals surface area contributed by atoms with Crippen molar-refractivity contribution in [2.75, 3.05) is 6.61 Å². The van der Waals surface area contributed by atoms with E-state index >= 15 is 0 Å². The van der Waals surface area contributed by atoms with E-state index in [9.17, 15) is 9.59 Å². The quantitative estimate of drug-likeness (QED) is 0.171. The number of benzene rings is 1. The maximum absolute atomic E-state index is 13.0. The van der Waals surface area contributed by atoms with Gasteiger partial charge in [0.2, 0.25) is 8.32 Å². The van der Waals surface area contributed by atoms with Gasteiger partial charge in [0.1, 0.15) is 6.61 Å². The first-order chi connectivity index (χ1) is 16.4. The molecule has 0 aromatic heterocycles. The van der Waals surface area contributed by atoms with Gasteiger partial charge < -0.3 is 9.16 Å². The van der Waals surface area contributed by atoms with E-state index < -0.39 is 14.4 Å². The smallest absolute Gasteiger partial charge is 0.417 e. The molecule has 1 aromatic rings. The Morgan fingerprint density at radius 1 is 1.20 bits per heavy atom. The molecule has 35 heavy (non-hydrogen) atoms. The highest BCUT2D eigenvalue weighted by Crippen LogP contribution is 2.44. The zero-order chi connectivity index (χ0) is 26.2. The topological polar surface area (TPSA) is 55.8 Å². The third-order valence-corrected chi connectivity index (χ3v) is 12.4. The largest absolute Gasteiger partial charge is 0.549 e. The standard InChI is InChI=1S/C29H45NO4Si/c1-9-13-25(18-19-34-35(7,8)29(5,6)22(2)3)23(4)16-17-27(31)30-26(21-33-28(30)32)20-24-14-11-10-12-15-24/h10-12,14-19,22-23,25-26H,9,13,20-21H2,1-8H3/b17-16+,19-18-/t23-,25-,26+/m1/s1. The van der Waals surface area contributed by atoms with Gasteiger partial charge in [-0.25, -0.2) is 9.69 Å². The normalized spacial score (nSPS) is 18.9. The first kappa shape index (κ1) is 28.9. The second-order valence-electron chi connectivity index (χ2n) is 11.1. The average Bonchev–Trinajstić information content (AvgIpc) is 3.16. The van der Waals surface area contributed by atoms with Gasteiger partial charge in [0.25, 0.3) is 5.91 Å². The van der Waals surface area contributed by atoms with Gasteiger partial charge in [-0.05, 0) is 66.4 Å². The molecule has 0 aliphatic carbocycles. The highest BCUT2D eigenvalue weighted by atomic mass is 28.4. The van der Waals surface area contributed by atoms with E-state index in [1.807, 2.05) is 42.7 Å². The molecular weight excluding hydrogens is 454 g/mol. The Morgan fingerprint density at radius 2 is 1.86 bits per heavy atom. The van der Waals surface area contributed by atoms with Crippen LogP contribution in [0.3, 0.4) is 0 Å². The Bertz CT molecular complexity index is 891. The second-order valence-corrected chi connectivity index (χ2v) is 15.7. The summed E-state index contributed by atoms with van der Waals surface area (Å²) in [6.07, 6.45) is 9.56. The van der Waals surface area contributed by atoms with E-state index in [0.29, 0.717) is 12.3 Å². The molecule has 1 aromatic carbocycles. The highest BCUT2D eigenvalue weighted by molar-refractivity contribution is 6.74. The summed E-state index contributed by atoms with van der Waals surface area (Å²) in [6, 6.07) is 9.58. The summed E-state index contributed by atoms with van der Waals surface area (Å²) in [7, 11) is -1.94. The summed E-state index contributed by atoms with van der Waals surface area (Å²) in [5.74, 6) is 0.609. The van der Waals surface area contributed by atoms with Gasteiger partial charge in [-0.1, -0.05) is 84.4 Å². The molecule has 0 spiro atoms. The Balaban J connectivity index is 2.05. The van der Waals surface area contributed by atoms with Crippen molar-refractivity contribution in [2.24, 2.45) is 17.8 Å². The second kappa shape index (κ2) is 12.6. The Morgan fingerprint density at radius 3 is 2.46 bits per heavy atom. The number of hydrogen-bond acceptors (Lipinski definition) is 4. The van der Waals surface area contributed by atoms with Crippen LogP contribution in [0.1, 0.15) is 59.9 Å². The molecule has 1 fully saturated rings. The van der Waals surface area contributed by atoms with Crippen molar-refractivity contribution in [1.82, 2.24) is 4.90 Å². The minimum Gasteiger partial charge on any atom is -0.549 e. The van der Waals surface area contributed by atoms with E-state index in [0.717, 1.165) is 18.4 Å². The molecule has 0 radical (unpaired) electrons. The van der Waals surface area contributed by atoms with Crippen LogP contribution in [0.15, 0.2) is 54.8 Å². The third-order valence-electron chi connectivity index (χ3n) is 8.04. The summed E-state index contributed by atoms with van der Waals surface area (Å²) in [5, 5.41) is 0.149. The first-order valence-electron chi connectivity index (χ1n) is 13.0. The number of rotatable bonds is 12. The molecule has 2 amide bonds. The van der Waals surface area contributed by atoms with Crippen LogP contribution in [-0.4, -0.2) is 37.9 Å². The molecule has 1 heterocycles. The molecule has 1 saturated heterocycles. The average molecular weight is 500 g/mol. The van der Waals surface area contributed by atoms with Gasteiger partial charge in [0.05, 0.1) is 12.3 Å². The van der Waals surface area contributed by atoms with Crippen LogP contribution in [0.4, 0.5) is 4.79 Å². The lowest BCUT2D eigenvalue weighted by Crippen LogP contribution is -2.43.